The maximum atomic E-state index is 11.5. The summed E-state index contributed by atoms with van der Waals surface area (Å²) in [6, 6.07) is 0. The van der Waals surface area contributed by atoms with Crippen LogP contribution in [0.5, 0.6) is 0 Å². The Bertz CT molecular complexity index is 218. The Hall–Kier alpha value is -1.05. The summed E-state index contributed by atoms with van der Waals surface area (Å²) in [7, 11) is 0. The average molecular weight is 180 g/mol. The first-order valence-corrected chi connectivity index (χ1v) is 4.72. The van der Waals surface area contributed by atoms with Gasteiger partial charge in [0.2, 0.25) is 0 Å². The lowest BCUT2D eigenvalue weighted by molar-refractivity contribution is -0.151. The molecule has 0 N–H and O–H groups in total. The van der Waals surface area contributed by atoms with Crippen LogP contribution in [0.2, 0.25) is 0 Å². The Labute approximate surface area is 79.3 Å². The van der Waals surface area contributed by atoms with Crippen LogP contribution in [0.25, 0.3) is 0 Å². The third-order valence-electron chi connectivity index (χ3n) is 2.24. The van der Waals surface area contributed by atoms with Gasteiger partial charge in [0, 0.05) is 0 Å². The van der Waals surface area contributed by atoms with Crippen molar-refractivity contribution >= 4 is 5.97 Å². The normalized spacial score (nSPS) is 23.6. The molecule has 2 nitrogen and oxygen atoms in total. The van der Waals surface area contributed by atoms with Gasteiger partial charge in [-0.2, -0.15) is 0 Å². The van der Waals surface area contributed by atoms with Crippen molar-refractivity contribution in [1.29, 1.82) is 0 Å². The topological polar surface area (TPSA) is 26.3 Å². The highest BCUT2D eigenvalue weighted by molar-refractivity contribution is 5.73. The van der Waals surface area contributed by atoms with E-state index in [0.29, 0.717) is 0 Å². The molecule has 0 fully saturated rings. The third-order valence-corrected chi connectivity index (χ3v) is 2.24. The minimum absolute atomic E-state index is 0.0624. The fourth-order valence-corrected chi connectivity index (χ4v) is 1.34. The molecular formula is C11H16O2. The lowest BCUT2D eigenvalue weighted by Crippen LogP contribution is -2.22. The Morgan fingerprint density at radius 3 is 3.00 bits per heavy atom. The lowest BCUT2D eigenvalue weighted by Gasteiger charge is -2.18. The summed E-state index contributed by atoms with van der Waals surface area (Å²) < 4.78 is 5.15. The number of rotatable bonds is 3. The largest absolute Gasteiger partial charge is 0.458 e. The molecule has 0 radical (unpaired) electrons. The molecule has 2 heteroatoms. The summed E-state index contributed by atoms with van der Waals surface area (Å²) in [5, 5.41) is 0. The second kappa shape index (κ2) is 4.85. The second-order valence-corrected chi connectivity index (χ2v) is 3.36. The molecule has 0 saturated heterocycles. The van der Waals surface area contributed by atoms with Gasteiger partial charge in [0.05, 0.1) is 5.92 Å². The van der Waals surface area contributed by atoms with Crippen LogP contribution in [0.1, 0.15) is 26.2 Å². The molecule has 0 saturated carbocycles. The maximum absolute atomic E-state index is 11.5. The number of esters is 1. The Morgan fingerprint density at radius 2 is 2.46 bits per heavy atom. The summed E-state index contributed by atoms with van der Waals surface area (Å²) in [6.45, 7) is 5.39. The van der Waals surface area contributed by atoms with Gasteiger partial charge in [-0.15, -0.1) is 0 Å². The summed E-state index contributed by atoms with van der Waals surface area (Å²) in [4.78, 5) is 11.5. The Kier molecular flexibility index (Phi) is 3.74. The van der Waals surface area contributed by atoms with Crippen molar-refractivity contribution in [2.75, 3.05) is 0 Å². The van der Waals surface area contributed by atoms with Crippen molar-refractivity contribution in [3.05, 3.63) is 24.8 Å². The van der Waals surface area contributed by atoms with E-state index in [0.717, 1.165) is 19.3 Å². The van der Waals surface area contributed by atoms with E-state index in [1.54, 1.807) is 6.08 Å². The van der Waals surface area contributed by atoms with Crippen LogP contribution in [0.15, 0.2) is 24.8 Å². The molecule has 72 valence electrons. The van der Waals surface area contributed by atoms with Gasteiger partial charge in [-0.25, -0.2) is 0 Å². The highest BCUT2D eigenvalue weighted by Crippen LogP contribution is 2.19. The highest BCUT2D eigenvalue weighted by atomic mass is 16.5. The van der Waals surface area contributed by atoms with E-state index in [9.17, 15) is 4.79 Å². The molecule has 13 heavy (non-hydrogen) atoms. The molecule has 0 aromatic heterocycles. The number of hydrogen-bond donors (Lipinski definition) is 0. The van der Waals surface area contributed by atoms with Crippen molar-refractivity contribution in [2.45, 2.75) is 32.3 Å². The summed E-state index contributed by atoms with van der Waals surface area (Å²) >= 11 is 0. The number of carbonyl (C=O) groups is 1. The molecule has 2 unspecified atom stereocenters. The number of carbonyl (C=O) groups excluding carboxylic acids is 1. The van der Waals surface area contributed by atoms with Crippen molar-refractivity contribution in [3.63, 3.8) is 0 Å². The highest BCUT2D eigenvalue weighted by Gasteiger charge is 2.20. The third kappa shape index (κ3) is 3.05. The average Bonchev–Trinajstić information content (AvgIpc) is 2.19. The quantitative estimate of drug-likeness (QED) is 0.492. The van der Waals surface area contributed by atoms with Crippen LogP contribution in [-0.2, 0) is 9.53 Å². The van der Waals surface area contributed by atoms with E-state index in [2.05, 4.69) is 12.7 Å². The van der Waals surface area contributed by atoms with Gasteiger partial charge >= 0.3 is 5.97 Å². The Morgan fingerprint density at radius 1 is 1.69 bits per heavy atom. The fourth-order valence-electron chi connectivity index (χ4n) is 1.34. The molecule has 2 atom stereocenters. The molecule has 0 spiro atoms. The van der Waals surface area contributed by atoms with Gasteiger partial charge in [0.1, 0.15) is 6.10 Å². The molecule has 0 bridgehead atoms. The van der Waals surface area contributed by atoms with E-state index >= 15 is 0 Å². The first-order valence-electron chi connectivity index (χ1n) is 4.72. The van der Waals surface area contributed by atoms with E-state index in [4.69, 9.17) is 4.74 Å². The van der Waals surface area contributed by atoms with Gasteiger partial charge in [0.25, 0.3) is 0 Å². The lowest BCUT2D eigenvalue weighted by atomic mass is 9.95. The van der Waals surface area contributed by atoms with E-state index in [-0.39, 0.29) is 18.0 Å². The Balaban J connectivity index is 2.38. The van der Waals surface area contributed by atoms with Gasteiger partial charge < -0.3 is 4.74 Å². The van der Waals surface area contributed by atoms with Crippen LogP contribution in [0, 0.1) is 5.92 Å². The minimum Gasteiger partial charge on any atom is -0.458 e. The molecule has 0 amide bonds. The van der Waals surface area contributed by atoms with Crippen LogP contribution in [0.3, 0.4) is 0 Å². The van der Waals surface area contributed by atoms with Crippen molar-refractivity contribution in [2.24, 2.45) is 5.92 Å². The van der Waals surface area contributed by atoms with Crippen LogP contribution >= 0.6 is 0 Å². The van der Waals surface area contributed by atoms with Crippen molar-refractivity contribution in [3.8, 4) is 0 Å². The van der Waals surface area contributed by atoms with Crippen molar-refractivity contribution < 1.29 is 9.53 Å². The number of ether oxygens (including phenoxy) is 1. The summed E-state index contributed by atoms with van der Waals surface area (Å²) in [5.41, 5.74) is 0. The van der Waals surface area contributed by atoms with Gasteiger partial charge in [0.15, 0.2) is 0 Å². The molecule has 1 aliphatic carbocycles. The smallest absolute Gasteiger partial charge is 0.309 e. The zero-order valence-electron chi connectivity index (χ0n) is 8.03. The van der Waals surface area contributed by atoms with Crippen LogP contribution in [0.4, 0.5) is 0 Å². The zero-order chi connectivity index (χ0) is 9.68. The van der Waals surface area contributed by atoms with Crippen molar-refractivity contribution in [1.82, 2.24) is 0 Å². The summed E-state index contributed by atoms with van der Waals surface area (Å²) in [6.07, 6.45) is 8.36. The first-order chi connectivity index (χ1) is 6.24. The molecule has 0 heterocycles. The fraction of sp³-hybridized carbons (Fsp3) is 0.545. The maximum Gasteiger partial charge on any atom is 0.309 e. The molecule has 0 aromatic carbocycles. The monoisotopic (exact) mass is 180 g/mol. The predicted octanol–water partition coefficient (Wildman–Crippen LogP) is 2.46. The first kappa shape index (κ1) is 10.0. The van der Waals surface area contributed by atoms with Crippen LogP contribution in [-0.4, -0.2) is 12.1 Å². The molecule has 0 aliphatic heterocycles. The van der Waals surface area contributed by atoms with Gasteiger partial charge in [-0.3, -0.25) is 4.79 Å². The minimum atomic E-state index is -0.168. The molecule has 1 rings (SSSR count). The molecule has 0 aromatic rings. The van der Waals surface area contributed by atoms with Crippen LogP contribution < -0.4 is 0 Å². The molecule has 1 aliphatic rings. The predicted molar refractivity (Wildman–Crippen MR) is 52.2 cm³/mol. The SMILES string of the molecule is C=CC(C)OC(=O)C1CC=CCC1. The van der Waals surface area contributed by atoms with Gasteiger partial charge in [-0.05, 0) is 26.2 Å². The number of allylic oxidation sites excluding steroid dienone is 2. The van der Waals surface area contributed by atoms with E-state index in [1.165, 1.54) is 0 Å². The van der Waals surface area contributed by atoms with E-state index in [1.807, 2.05) is 13.0 Å². The summed E-state index contributed by atoms with van der Waals surface area (Å²) in [5.74, 6) is -0.0239. The zero-order valence-corrected chi connectivity index (χ0v) is 8.03. The molecular weight excluding hydrogens is 164 g/mol. The standard InChI is InChI=1S/C11H16O2/c1-3-9(2)13-11(12)10-7-5-4-6-8-10/h3-5,9-10H,1,6-8H2,2H3. The van der Waals surface area contributed by atoms with Gasteiger partial charge in [-0.1, -0.05) is 24.8 Å². The number of hydrogen-bond acceptors (Lipinski definition) is 2. The second-order valence-electron chi connectivity index (χ2n) is 3.36. The van der Waals surface area contributed by atoms with E-state index < -0.39 is 0 Å².